The van der Waals surface area contributed by atoms with Gasteiger partial charge in [0.15, 0.2) is 17.1 Å². The summed E-state index contributed by atoms with van der Waals surface area (Å²) in [5, 5.41) is 6.93. The van der Waals surface area contributed by atoms with Crippen molar-refractivity contribution < 1.29 is 23.0 Å². The van der Waals surface area contributed by atoms with Crippen LogP contribution in [0.3, 0.4) is 0 Å². The van der Waals surface area contributed by atoms with Gasteiger partial charge in [-0.2, -0.15) is 5.10 Å². The first-order chi connectivity index (χ1) is 14.6. The molecule has 0 spiro atoms. The zero-order valence-corrected chi connectivity index (χ0v) is 15.4. The van der Waals surface area contributed by atoms with Crippen LogP contribution in [0.5, 0.6) is 11.5 Å². The summed E-state index contributed by atoms with van der Waals surface area (Å²) < 4.78 is 39.0. The Hall–Kier alpha value is -4.01. The molecule has 0 atom stereocenters. The van der Waals surface area contributed by atoms with E-state index >= 15 is 0 Å². The molecule has 1 aliphatic rings. The Balaban J connectivity index is 1.43. The van der Waals surface area contributed by atoms with Crippen LogP contribution in [0.4, 0.5) is 8.78 Å². The van der Waals surface area contributed by atoms with Gasteiger partial charge in [0.05, 0.1) is 11.9 Å². The van der Waals surface area contributed by atoms with E-state index in [2.05, 4.69) is 15.4 Å². The topological polar surface area (TPSA) is 77.8 Å². The van der Waals surface area contributed by atoms with Crippen LogP contribution < -0.4 is 14.8 Å². The van der Waals surface area contributed by atoms with Gasteiger partial charge in [-0.3, -0.25) is 4.79 Å². The molecule has 7 nitrogen and oxygen atoms in total. The molecule has 4 aromatic rings. The number of halogens is 2. The Morgan fingerprint density at radius 3 is 2.70 bits per heavy atom. The number of aromatic nitrogens is 3. The smallest absolute Gasteiger partial charge is 0.257 e. The lowest BCUT2D eigenvalue weighted by Gasteiger charge is -2.07. The highest BCUT2D eigenvalue weighted by Gasteiger charge is 2.18. The average molecular weight is 408 g/mol. The molecule has 0 unspecified atom stereocenters. The average Bonchev–Trinajstić information content (AvgIpc) is 3.37. The lowest BCUT2D eigenvalue weighted by molar-refractivity contribution is 0.0952. The highest BCUT2D eigenvalue weighted by Crippen LogP contribution is 2.35. The van der Waals surface area contributed by atoms with Gasteiger partial charge in [0.1, 0.15) is 17.2 Å². The quantitative estimate of drug-likeness (QED) is 0.561. The third-order valence-corrected chi connectivity index (χ3v) is 4.69. The van der Waals surface area contributed by atoms with Crippen LogP contribution in [-0.4, -0.2) is 27.3 Å². The number of nitrogens with one attached hydrogen (secondary N) is 1. The molecule has 2 aromatic heterocycles. The number of hydrogen-bond donors (Lipinski definition) is 1. The second-order valence-corrected chi connectivity index (χ2v) is 6.65. The number of carbonyl (C=O) groups is 1. The van der Waals surface area contributed by atoms with E-state index in [1.165, 1.54) is 6.20 Å². The summed E-state index contributed by atoms with van der Waals surface area (Å²) in [6.07, 6.45) is 2.98. The van der Waals surface area contributed by atoms with E-state index in [-0.39, 0.29) is 18.9 Å². The molecule has 1 amide bonds. The molecular weight excluding hydrogens is 394 g/mol. The van der Waals surface area contributed by atoms with E-state index in [0.717, 1.165) is 23.8 Å². The number of amides is 1. The number of carbonyl (C=O) groups excluding carboxylic acids is 1. The van der Waals surface area contributed by atoms with Crippen molar-refractivity contribution in [1.82, 2.24) is 19.9 Å². The molecule has 3 heterocycles. The molecule has 9 heteroatoms. The number of nitrogens with zero attached hydrogens (tertiary/aromatic N) is 3. The fraction of sp³-hybridized carbons (Fsp3) is 0.0952. The molecule has 2 aromatic carbocycles. The summed E-state index contributed by atoms with van der Waals surface area (Å²) in [6.45, 7) is 0.137. The zero-order chi connectivity index (χ0) is 20.7. The maximum Gasteiger partial charge on any atom is 0.257 e. The first-order valence-electron chi connectivity index (χ1n) is 9.04. The van der Waals surface area contributed by atoms with Crippen molar-refractivity contribution in [3.05, 3.63) is 77.6 Å². The van der Waals surface area contributed by atoms with Crippen molar-refractivity contribution >= 4 is 11.6 Å². The molecule has 0 fully saturated rings. The van der Waals surface area contributed by atoms with Gasteiger partial charge < -0.3 is 14.8 Å². The molecule has 1 aliphatic heterocycles. The van der Waals surface area contributed by atoms with Crippen LogP contribution >= 0.6 is 0 Å². The van der Waals surface area contributed by atoms with Gasteiger partial charge in [-0.15, -0.1) is 0 Å². The van der Waals surface area contributed by atoms with Gasteiger partial charge in [-0.1, -0.05) is 0 Å². The minimum atomic E-state index is -0.703. The molecule has 150 valence electrons. The molecular formula is C21H14F2N4O3. The second kappa shape index (κ2) is 7.11. The predicted molar refractivity (Wildman–Crippen MR) is 102 cm³/mol. The van der Waals surface area contributed by atoms with Gasteiger partial charge in [-0.05, 0) is 42.0 Å². The van der Waals surface area contributed by atoms with E-state index in [1.807, 2.05) is 12.1 Å². The van der Waals surface area contributed by atoms with Gasteiger partial charge in [0.25, 0.3) is 5.91 Å². The minimum absolute atomic E-state index is 0.0350. The number of rotatable bonds is 4. The highest BCUT2D eigenvalue weighted by atomic mass is 19.1. The van der Waals surface area contributed by atoms with Crippen LogP contribution in [-0.2, 0) is 6.54 Å². The van der Waals surface area contributed by atoms with Gasteiger partial charge in [0.2, 0.25) is 6.79 Å². The van der Waals surface area contributed by atoms with Gasteiger partial charge in [0, 0.05) is 24.4 Å². The maximum absolute atomic E-state index is 13.3. The van der Waals surface area contributed by atoms with Crippen LogP contribution in [0.2, 0.25) is 0 Å². The van der Waals surface area contributed by atoms with Crippen molar-refractivity contribution in [1.29, 1.82) is 0 Å². The number of fused-ring (bicyclic) bond motifs is 2. The molecule has 1 N–H and O–H groups in total. The number of ether oxygens (including phenoxy) is 2. The van der Waals surface area contributed by atoms with Crippen LogP contribution in [0, 0.1) is 11.6 Å². The maximum atomic E-state index is 13.3. The van der Waals surface area contributed by atoms with E-state index in [0.29, 0.717) is 28.4 Å². The predicted octanol–water partition coefficient (Wildman–Crippen LogP) is 3.33. The van der Waals surface area contributed by atoms with Crippen molar-refractivity contribution in [2.24, 2.45) is 0 Å². The highest BCUT2D eigenvalue weighted by molar-refractivity contribution is 5.99. The van der Waals surface area contributed by atoms with Crippen molar-refractivity contribution in [3.8, 4) is 22.8 Å². The molecule has 5 rings (SSSR count). The lowest BCUT2D eigenvalue weighted by atomic mass is 10.1. The minimum Gasteiger partial charge on any atom is -0.454 e. The number of hydrogen-bond acceptors (Lipinski definition) is 5. The Morgan fingerprint density at radius 1 is 1.07 bits per heavy atom. The Kier molecular flexibility index (Phi) is 4.27. The summed E-state index contributed by atoms with van der Waals surface area (Å²) >= 11 is 0. The molecule has 30 heavy (non-hydrogen) atoms. The standard InChI is InChI=1S/C21H14F2N4O3/c22-14-5-12(6-15(23)8-14)9-25-21(28)16-10-26-27-17(3-4-24-20(16)27)13-1-2-18-19(7-13)30-11-29-18/h1-8,10H,9,11H2,(H,25,28). The largest absolute Gasteiger partial charge is 0.454 e. The fourth-order valence-electron chi connectivity index (χ4n) is 3.32. The second-order valence-electron chi connectivity index (χ2n) is 6.65. The lowest BCUT2D eigenvalue weighted by Crippen LogP contribution is -2.23. The third kappa shape index (κ3) is 3.20. The van der Waals surface area contributed by atoms with Crippen molar-refractivity contribution in [3.63, 3.8) is 0 Å². The van der Waals surface area contributed by atoms with Crippen molar-refractivity contribution in [2.75, 3.05) is 6.79 Å². The van der Waals surface area contributed by atoms with Crippen LogP contribution in [0.1, 0.15) is 15.9 Å². The molecule has 0 aliphatic carbocycles. The summed E-state index contributed by atoms with van der Waals surface area (Å²) in [5.74, 6) is -0.566. The van der Waals surface area contributed by atoms with Gasteiger partial charge >= 0.3 is 0 Å². The summed E-state index contributed by atoms with van der Waals surface area (Å²) in [4.78, 5) is 16.9. The Bertz CT molecular complexity index is 1270. The first kappa shape index (κ1) is 18.0. The van der Waals surface area contributed by atoms with Crippen LogP contribution in [0.25, 0.3) is 16.9 Å². The first-order valence-corrected chi connectivity index (χ1v) is 9.04. The zero-order valence-electron chi connectivity index (χ0n) is 15.4. The summed E-state index contributed by atoms with van der Waals surface area (Å²) in [7, 11) is 0. The SMILES string of the molecule is O=C(NCc1cc(F)cc(F)c1)c1cnn2c(-c3ccc4c(c3)OCO4)ccnc12. The monoisotopic (exact) mass is 408 g/mol. The van der Waals surface area contributed by atoms with Gasteiger partial charge in [-0.25, -0.2) is 18.3 Å². The number of benzene rings is 2. The molecule has 0 radical (unpaired) electrons. The van der Waals surface area contributed by atoms with E-state index < -0.39 is 17.5 Å². The summed E-state index contributed by atoms with van der Waals surface area (Å²) in [6, 6.07) is 10.4. The van der Waals surface area contributed by atoms with E-state index in [4.69, 9.17) is 9.47 Å². The normalized spacial score (nSPS) is 12.3. The summed E-state index contributed by atoms with van der Waals surface area (Å²) in [5.41, 5.74) is 2.44. The Labute approximate surface area is 168 Å². The van der Waals surface area contributed by atoms with E-state index in [9.17, 15) is 13.6 Å². The molecule has 0 saturated heterocycles. The van der Waals surface area contributed by atoms with E-state index in [1.54, 1.807) is 22.8 Å². The third-order valence-electron chi connectivity index (χ3n) is 4.69. The Morgan fingerprint density at radius 2 is 1.87 bits per heavy atom. The van der Waals surface area contributed by atoms with Crippen LogP contribution in [0.15, 0.2) is 54.9 Å². The van der Waals surface area contributed by atoms with Crippen molar-refractivity contribution in [2.45, 2.75) is 6.54 Å². The molecule has 0 saturated carbocycles. The fourth-order valence-corrected chi connectivity index (χ4v) is 3.32. The molecule has 0 bridgehead atoms.